The Kier molecular flexibility index (Phi) is 2.97. The number of nitrogens with zero attached hydrogens (tertiary/aromatic N) is 3. The molecule has 0 saturated heterocycles. The van der Waals surface area contributed by atoms with Crippen molar-refractivity contribution in [2.24, 2.45) is 5.41 Å². The lowest BCUT2D eigenvalue weighted by molar-refractivity contribution is -0.753. The minimum atomic E-state index is -0.449. The summed E-state index contributed by atoms with van der Waals surface area (Å²) < 4.78 is 4.93. The van der Waals surface area contributed by atoms with Crippen LogP contribution in [0.1, 0.15) is 20.8 Å². The Morgan fingerprint density at radius 2 is 2.13 bits per heavy atom. The number of carbonyl (C=O) groups is 1. The normalized spacial score (nSPS) is 11.3. The van der Waals surface area contributed by atoms with Gasteiger partial charge in [-0.3, -0.25) is 14.6 Å². The van der Waals surface area contributed by atoms with Crippen molar-refractivity contribution in [3.63, 3.8) is 0 Å². The molecule has 0 aliphatic rings. The lowest BCUT2D eigenvalue weighted by Gasteiger charge is -2.14. The number of hydrogen-bond acceptors (Lipinski definition) is 4. The van der Waals surface area contributed by atoms with Crippen LogP contribution in [0.2, 0.25) is 0 Å². The van der Waals surface area contributed by atoms with Crippen LogP contribution < -0.4 is 15.1 Å². The Labute approximate surface area is 88.8 Å². The van der Waals surface area contributed by atoms with E-state index >= 15 is 0 Å². The molecule has 1 N–H and O–H groups in total. The second kappa shape index (κ2) is 3.88. The van der Waals surface area contributed by atoms with E-state index in [1.807, 2.05) is 34.9 Å². The Hall–Kier alpha value is -1.59. The fraction of sp³-hybridized carbons (Fsp3) is 0.667. The zero-order valence-corrected chi connectivity index (χ0v) is 9.74. The number of anilines is 1. The summed E-state index contributed by atoms with van der Waals surface area (Å²) in [4.78, 5) is 13.1. The highest BCUT2D eigenvalue weighted by Gasteiger charge is 2.24. The van der Waals surface area contributed by atoms with Crippen LogP contribution in [0.3, 0.4) is 0 Å². The van der Waals surface area contributed by atoms with Crippen LogP contribution in [0.25, 0.3) is 0 Å². The standard InChI is InChI=1S/C9H16N4O2/c1-9(2,3)8(14)10-7-6-13(11-15-7)12(4)5/h6H,1-5H3/p+1. The zero-order chi connectivity index (χ0) is 11.6. The molecule has 6 heteroatoms. The number of rotatable bonds is 2. The van der Waals surface area contributed by atoms with Crippen molar-refractivity contribution in [2.75, 3.05) is 24.4 Å². The monoisotopic (exact) mass is 213 g/mol. The van der Waals surface area contributed by atoms with Crippen LogP contribution in [0.15, 0.2) is 10.7 Å². The molecule has 0 fully saturated rings. The van der Waals surface area contributed by atoms with Crippen molar-refractivity contribution in [2.45, 2.75) is 20.8 Å². The first-order valence-electron chi connectivity index (χ1n) is 4.68. The summed E-state index contributed by atoms with van der Waals surface area (Å²) in [6, 6.07) is 0. The maximum Gasteiger partial charge on any atom is 0.305 e. The van der Waals surface area contributed by atoms with Gasteiger partial charge in [-0.25, -0.2) is 0 Å². The van der Waals surface area contributed by atoms with E-state index in [1.54, 1.807) is 11.2 Å². The van der Waals surface area contributed by atoms with Gasteiger partial charge in [0.2, 0.25) is 11.2 Å². The van der Waals surface area contributed by atoms with E-state index in [1.165, 1.54) is 4.79 Å². The molecule has 0 aliphatic carbocycles. The Morgan fingerprint density at radius 3 is 2.53 bits per heavy atom. The minimum Gasteiger partial charge on any atom is -0.288 e. The molecule has 0 radical (unpaired) electrons. The molecular weight excluding hydrogens is 196 g/mol. The Morgan fingerprint density at radius 1 is 1.53 bits per heavy atom. The predicted octanol–water partition coefficient (Wildman–Crippen LogP) is 0.144. The van der Waals surface area contributed by atoms with Crippen molar-refractivity contribution in [1.29, 1.82) is 0 Å². The van der Waals surface area contributed by atoms with Crippen LogP contribution >= 0.6 is 0 Å². The van der Waals surface area contributed by atoms with E-state index in [-0.39, 0.29) is 5.91 Å². The maximum absolute atomic E-state index is 11.6. The SMILES string of the molecule is CN(C)[n+]1cc(NC(=O)C(C)(C)C)on1. The van der Waals surface area contributed by atoms with Crippen molar-refractivity contribution in [3.05, 3.63) is 6.20 Å². The number of nitrogens with one attached hydrogen (secondary N) is 1. The number of aromatic nitrogens is 2. The first kappa shape index (κ1) is 11.5. The van der Waals surface area contributed by atoms with Crippen molar-refractivity contribution in [3.8, 4) is 0 Å². The average molecular weight is 213 g/mol. The van der Waals surface area contributed by atoms with Crippen LogP contribution in [-0.4, -0.2) is 25.3 Å². The third-order valence-corrected chi connectivity index (χ3v) is 1.78. The smallest absolute Gasteiger partial charge is 0.288 e. The van der Waals surface area contributed by atoms with Gasteiger partial charge in [0.1, 0.15) is 0 Å². The zero-order valence-electron chi connectivity index (χ0n) is 9.74. The first-order chi connectivity index (χ1) is 6.80. The minimum absolute atomic E-state index is 0.107. The highest BCUT2D eigenvalue weighted by atomic mass is 16.5. The van der Waals surface area contributed by atoms with Gasteiger partial charge in [0, 0.05) is 5.41 Å². The summed E-state index contributed by atoms with van der Waals surface area (Å²) in [5.41, 5.74) is -0.449. The molecular formula is C9H17N4O2+. The summed E-state index contributed by atoms with van der Waals surface area (Å²) in [6.45, 7) is 5.50. The average Bonchev–Trinajstić information content (AvgIpc) is 2.50. The molecule has 0 bridgehead atoms. The molecule has 0 aliphatic heterocycles. The molecule has 1 heterocycles. The second-order valence-electron chi connectivity index (χ2n) is 4.54. The molecule has 1 rings (SSSR count). The lowest BCUT2D eigenvalue weighted by atomic mass is 9.96. The van der Waals surface area contributed by atoms with Crippen molar-refractivity contribution in [1.82, 2.24) is 5.27 Å². The van der Waals surface area contributed by atoms with Gasteiger partial charge in [0.15, 0.2) is 0 Å². The fourth-order valence-corrected chi connectivity index (χ4v) is 0.781. The Balaban J connectivity index is 2.70. The van der Waals surface area contributed by atoms with Gasteiger partial charge < -0.3 is 0 Å². The van der Waals surface area contributed by atoms with Crippen molar-refractivity contribution >= 4 is 11.8 Å². The van der Waals surface area contributed by atoms with E-state index in [9.17, 15) is 4.79 Å². The molecule has 0 unspecified atom stereocenters. The van der Waals surface area contributed by atoms with Gasteiger partial charge in [-0.15, -0.1) is 0 Å². The molecule has 0 spiro atoms. The highest BCUT2D eigenvalue weighted by molar-refractivity contribution is 5.93. The third-order valence-electron chi connectivity index (χ3n) is 1.78. The van der Waals surface area contributed by atoms with E-state index in [4.69, 9.17) is 4.52 Å². The van der Waals surface area contributed by atoms with E-state index < -0.39 is 5.41 Å². The van der Waals surface area contributed by atoms with Crippen LogP contribution in [0.5, 0.6) is 0 Å². The molecule has 0 atom stereocenters. The van der Waals surface area contributed by atoms with Gasteiger partial charge in [-0.05, 0) is 0 Å². The number of hydrogen-bond donors (Lipinski definition) is 1. The predicted molar refractivity (Wildman–Crippen MR) is 54.8 cm³/mol. The third kappa shape index (κ3) is 2.93. The fourth-order valence-electron chi connectivity index (χ4n) is 0.781. The summed E-state index contributed by atoms with van der Waals surface area (Å²) >= 11 is 0. The maximum atomic E-state index is 11.6. The molecule has 1 aromatic rings. The quantitative estimate of drug-likeness (QED) is 0.710. The van der Waals surface area contributed by atoms with E-state index in [2.05, 4.69) is 10.6 Å². The van der Waals surface area contributed by atoms with Crippen LogP contribution in [0, 0.1) is 5.41 Å². The molecule has 1 aromatic heterocycles. The molecule has 0 aromatic carbocycles. The number of carbonyl (C=O) groups excluding carboxylic acids is 1. The summed E-state index contributed by atoms with van der Waals surface area (Å²) in [5, 5.41) is 8.06. The van der Waals surface area contributed by atoms with E-state index in [0.717, 1.165) is 0 Å². The molecule has 1 amide bonds. The van der Waals surface area contributed by atoms with Gasteiger partial charge in [0.25, 0.3) is 6.20 Å². The second-order valence-corrected chi connectivity index (χ2v) is 4.54. The van der Waals surface area contributed by atoms with Crippen molar-refractivity contribution < 1.29 is 14.1 Å². The van der Waals surface area contributed by atoms with Gasteiger partial charge in [0.05, 0.1) is 18.9 Å². The van der Waals surface area contributed by atoms with Crippen LogP contribution in [0.4, 0.5) is 5.88 Å². The largest absolute Gasteiger partial charge is 0.305 e. The van der Waals surface area contributed by atoms with Gasteiger partial charge in [-0.2, -0.15) is 5.01 Å². The molecule has 84 valence electrons. The Bertz CT molecular complexity index is 351. The molecule has 15 heavy (non-hydrogen) atoms. The molecule has 6 nitrogen and oxygen atoms in total. The van der Waals surface area contributed by atoms with E-state index in [0.29, 0.717) is 5.88 Å². The summed E-state index contributed by atoms with van der Waals surface area (Å²) in [5.74, 6) is 0.230. The lowest BCUT2D eigenvalue weighted by Crippen LogP contribution is -2.53. The topological polar surface area (TPSA) is 62.2 Å². The van der Waals surface area contributed by atoms with Gasteiger partial charge >= 0.3 is 5.88 Å². The van der Waals surface area contributed by atoms with Crippen LogP contribution in [-0.2, 0) is 4.79 Å². The number of amides is 1. The molecule has 0 saturated carbocycles. The van der Waals surface area contributed by atoms with Gasteiger partial charge in [-0.1, -0.05) is 20.8 Å². The first-order valence-corrected chi connectivity index (χ1v) is 4.68. The highest BCUT2D eigenvalue weighted by Crippen LogP contribution is 2.15. The summed E-state index contributed by atoms with van der Waals surface area (Å²) in [7, 11) is 3.63. The summed E-state index contributed by atoms with van der Waals surface area (Å²) in [6.07, 6.45) is 1.60.